The molecule has 4 aromatic rings. The van der Waals surface area contributed by atoms with Crippen LogP contribution in [0, 0.1) is 0 Å². The van der Waals surface area contributed by atoms with Crippen molar-refractivity contribution in [3.8, 4) is 0 Å². The normalized spacial score (nSPS) is 6.00. The van der Waals surface area contributed by atoms with Crippen molar-refractivity contribution in [3.05, 3.63) is 146 Å². The second-order valence-electron chi connectivity index (χ2n) is 6.03. The highest BCUT2D eigenvalue weighted by atomic mass is 16.2. The molecule has 0 spiro atoms. The summed E-state index contributed by atoms with van der Waals surface area (Å²) in [5, 5.41) is 14.0. The van der Waals surface area contributed by atoms with Crippen molar-refractivity contribution in [2.24, 2.45) is 0 Å². The summed E-state index contributed by atoms with van der Waals surface area (Å²) >= 11 is 0. The zero-order valence-electron chi connectivity index (χ0n) is 34.2. The highest BCUT2D eigenvalue weighted by Crippen LogP contribution is 1.81. The maximum Gasteiger partial charge on any atom is 0.0319 e. The molecule has 0 atom stereocenters. The summed E-state index contributed by atoms with van der Waals surface area (Å²) in [6, 6.07) is 48.0. The molecule has 0 aliphatic rings. The molecule has 0 unspecified atom stereocenters. The summed E-state index contributed by atoms with van der Waals surface area (Å²) in [6.07, 6.45) is 2.50. The summed E-state index contributed by atoms with van der Waals surface area (Å²) in [5.74, 6) is 0. The minimum atomic E-state index is 1.00. The first-order valence-electron chi connectivity index (χ1n) is 17.7. The predicted molar refractivity (Wildman–Crippen MR) is 222 cm³/mol. The van der Waals surface area contributed by atoms with Crippen molar-refractivity contribution in [2.75, 3.05) is 14.2 Å². The van der Waals surface area contributed by atoms with Gasteiger partial charge in [0.1, 0.15) is 0 Å². The lowest BCUT2D eigenvalue weighted by molar-refractivity contribution is 0.399. The highest BCUT2D eigenvalue weighted by molar-refractivity contribution is 5.00. The Bertz CT molecular complexity index is 453. The predicted octanol–water partition coefficient (Wildman–Crippen LogP) is 15.0. The zero-order valence-corrected chi connectivity index (χ0v) is 34.2. The van der Waals surface area contributed by atoms with E-state index in [1.54, 1.807) is 0 Å². The summed E-state index contributed by atoms with van der Waals surface area (Å²) in [6.45, 7) is 32.5. The van der Waals surface area contributed by atoms with E-state index in [-0.39, 0.29) is 0 Å². The molecule has 46 heavy (non-hydrogen) atoms. The van der Waals surface area contributed by atoms with Crippen molar-refractivity contribution in [2.45, 2.75) is 124 Å². The van der Waals surface area contributed by atoms with Gasteiger partial charge in [-0.2, -0.15) is 0 Å². The van der Waals surface area contributed by atoms with Gasteiger partial charge in [-0.1, -0.05) is 269 Å². The lowest BCUT2D eigenvalue weighted by Gasteiger charge is -1.69. The van der Waals surface area contributed by atoms with Crippen LogP contribution in [0.25, 0.3) is 0 Å². The summed E-state index contributed by atoms with van der Waals surface area (Å²) in [4.78, 5) is 0. The first-order chi connectivity index (χ1) is 22.8. The van der Waals surface area contributed by atoms with Crippen molar-refractivity contribution in [1.82, 2.24) is 0 Å². The van der Waals surface area contributed by atoms with E-state index in [0.29, 0.717) is 0 Å². The van der Waals surface area contributed by atoms with Crippen LogP contribution in [0.5, 0.6) is 0 Å². The van der Waals surface area contributed by atoms with Crippen molar-refractivity contribution in [1.29, 1.82) is 0 Å². The fourth-order valence-electron chi connectivity index (χ4n) is 1.54. The topological polar surface area (TPSA) is 40.5 Å². The molecule has 4 aromatic carbocycles. The van der Waals surface area contributed by atoms with E-state index in [9.17, 15) is 0 Å². The largest absolute Gasteiger partial charge is 0.400 e. The molecule has 0 fully saturated rings. The Balaban J connectivity index is -0.0000000394. The van der Waals surface area contributed by atoms with E-state index in [1.807, 2.05) is 229 Å². The van der Waals surface area contributed by atoms with Gasteiger partial charge in [-0.3, -0.25) is 0 Å². The maximum absolute atomic E-state index is 7.00. The molecule has 2 nitrogen and oxygen atoms in total. The number of benzene rings is 4. The van der Waals surface area contributed by atoms with E-state index in [2.05, 4.69) is 27.7 Å². The molecule has 272 valence electrons. The fraction of sp³-hybridized carbons (Fsp3) is 0.455. The van der Waals surface area contributed by atoms with Crippen molar-refractivity contribution >= 4 is 0 Å². The zero-order chi connectivity index (χ0) is 38.4. The summed E-state index contributed by atoms with van der Waals surface area (Å²) in [5.41, 5.74) is 0. The molecule has 0 heterocycles. The second-order valence-corrected chi connectivity index (χ2v) is 6.03. The Morgan fingerprint density at radius 1 is 0.196 bits per heavy atom. The van der Waals surface area contributed by atoms with Gasteiger partial charge >= 0.3 is 0 Å². The minimum absolute atomic E-state index is 1.00. The number of rotatable bonds is 0. The molecule has 4 rings (SSSR count). The van der Waals surface area contributed by atoms with Gasteiger partial charge in [0.2, 0.25) is 0 Å². The standard InChI is InChI=1S/4C6H6.2C3H8.6C2H6.2CH4O/c4*1-2-4-6-5-3-1;2*1-3-2;8*1-2/h4*1-6H;2*3H2,1-2H3;6*1-2H3;2*2H,1H3. The van der Waals surface area contributed by atoms with E-state index in [0.717, 1.165) is 14.2 Å². The quantitative estimate of drug-likeness (QED) is 0.200. The number of aliphatic hydroxyl groups excluding tert-OH is 2. The van der Waals surface area contributed by atoms with Crippen LogP contribution < -0.4 is 0 Å². The van der Waals surface area contributed by atoms with Gasteiger partial charge in [-0.15, -0.1) is 0 Å². The van der Waals surface area contributed by atoms with Crippen LogP contribution in [0.3, 0.4) is 0 Å². The Labute approximate surface area is 293 Å². The third-order valence-electron chi connectivity index (χ3n) is 2.67. The van der Waals surface area contributed by atoms with Crippen LogP contribution in [-0.4, -0.2) is 24.4 Å². The Morgan fingerprint density at radius 3 is 0.239 bits per heavy atom. The molecule has 0 radical (unpaired) electrons. The Kier molecular flexibility index (Phi) is 202. The summed E-state index contributed by atoms with van der Waals surface area (Å²) < 4.78 is 0. The molecule has 0 saturated heterocycles. The Morgan fingerprint density at radius 2 is 0.217 bits per heavy atom. The van der Waals surface area contributed by atoms with Crippen LogP contribution in [-0.2, 0) is 0 Å². The lowest BCUT2D eigenvalue weighted by Crippen LogP contribution is -1.47. The van der Waals surface area contributed by atoms with Gasteiger partial charge in [0, 0.05) is 14.2 Å². The maximum atomic E-state index is 7.00. The molecular weight excluding hydrogens is 560 g/mol. The van der Waals surface area contributed by atoms with Gasteiger partial charge < -0.3 is 10.2 Å². The SMILES string of the molecule is CC.CC.CC.CC.CC.CC.CCC.CCC.CO.CO.c1ccccc1.c1ccccc1.c1ccccc1.c1ccccc1. The van der Waals surface area contributed by atoms with Crippen LogP contribution in [0.2, 0.25) is 0 Å². The molecule has 0 aliphatic carbocycles. The molecule has 0 aliphatic heterocycles. The first kappa shape index (κ1) is 69.5. The number of hydrogen-bond donors (Lipinski definition) is 2. The lowest BCUT2D eigenvalue weighted by atomic mass is 10.4. The highest BCUT2D eigenvalue weighted by Gasteiger charge is 1.59. The second kappa shape index (κ2) is 134. The van der Waals surface area contributed by atoms with Gasteiger partial charge in [-0.05, 0) is 0 Å². The third-order valence-corrected chi connectivity index (χ3v) is 2.67. The van der Waals surface area contributed by atoms with E-state index >= 15 is 0 Å². The average Bonchev–Trinajstić information content (AvgIpc) is 3.22. The number of aliphatic hydroxyl groups is 2. The van der Waals surface area contributed by atoms with Crippen LogP contribution in [0.4, 0.5) is 0 Å². The molecule has 2 N–H and O–H groups in total. The smallest absolute Gasteiger partial charge is 0.0319 e. The Hall–Kier alpha value is -3.20. The molecule has 0 saturated carbocycles. The third kappa shape index (κ3) is 149. The summed E-state index contributed by atoms with van der Waals surface area (Å²) in [7, 11) is 2.00. The number of hydrogen-bond acceptors (Lipinski definition) is 2. The van der Waals surface area contributed by atoms with Crippen molar-refractivity contribution < 1.29 is 10.2 Å². The van der Waals surface area contributed by atoms with E-state index in [4.69, 9.17) is 10.2 Å². The van der Waals surface area contributed by atoms with Crippen molar-refractivity contribution in [3.63, 3.8) is 0 Å². The molecular formula is C44H84O2. The molecule has 0 bridgehead atoms. The van der Waals surface area contributed by atoms with Crippen LogP contribution in [0.15, 0.2) is 146 Å². The van der Waals surface area contributed by atoms with E-state index < -0.39 is 0 Å². The average molecular weight is 645 g/mol. The molecule has 0 amide bonds. The fourth-order valence-corrected chi connectivity index (χ4v) is 1.54. The van der Waals surface area contributed by atoms with Crippen LogP contribution in [0.1, 0.15) is 124 Å². The molecule has 2 heteroatoms. The monoisotopic (exact) mass is 645 g/mol. The van der Waals surface area contributed by atoms with Gasteiger partial charge in [-0.25, -0.2) is 0 Å². The van der Waals surface area contributed by atoms with Gasteiger partial charge in [0.15, 0.2) is 0 Å². The van der Waals surface area contributed by atoms with Gasteiger partial charge in [0.25, 0.3) is 0 Å². The van der Waals surface area contributed by atoms with Crippen LogP contribution >= 0.6 is 0 Å². The molecule has 0 aromatic heterocycles. The first-order valence-corrected chi connectivity index (χ1v) is 17.7. The minimum Gasteiger partial charge on any atom is -0.400 e. The van der Waals surface area contributed by atoms with Gasteiger partial charge in [0.05, 0.1) is 0 Å². The van der Waals surface area contributed by atoms with E-state index in [1.165, 1.54) is 12.8 Å².